The third-order valence-corrected chi connectivity index (χ3v) is 6.44. The van der Waals surface area contributed by atoms with Crippen LogP contribution in [0.4, 0.5) is 4.39 Å². The van der Waals surface area contributed by atoms with Crippen molar-refractivity contribution in [3.63, 3.8) is 0 Å². The Hall–Kier alpha value is -2.01. The lowest BCUT2D eigenvalue weighted by Gasteiger charge is -2.52. The maximum Gasteiger partial charge on any atom is 0.131 e. The molecule has 1 aromatic heterocycles. The van der Waals surface area contributed by atoms with Crippen LogP contribution in [0.3, 0.4) is 0 Å². The van der Waals surface area contributed by atoms with Crippen LogP contribution in [0.1, 0.15) is 18.4 Å². The fourth-order valence-electron chi connectivity index (χ4n) is 4.56. The summed E-state index contributed by atoms with van der Waals surface area (Å²) in [5.41, 5.74) is 3.64. The molecule has 2 saturated heterocycles. The van der Waals surface area contributed by atoms with Gasteiger partial charge in [-0.1, -0.05) is 35.9 Å². The van der Waals surface area contributed by atoms with Crippen molar-refractivity contribution in [2.75, 3.05) is 26.3 Å². The van der Waals surface area contributed by atoms with E-state index in [9.17, 15) is 4.39 Å². The van der Waals surface area contributed by atoms with Crippen molar-refractivity contribution < 1.29 is 9.13 Å². The second-order valence-corrected chi connectivity index (χ2v) is 8.50. The molecule has 3 aromatic rings. The number of halogens is 2. The number of aromatic nitrogens is 1. The van der Waals surface area contributed by atoms with Gasteiger partial charge in [-0.2, -0.15) is 0 Å². The first-order chi connectivity index (χ1) is 13.6. The highest BCUT2D eigenvalue weighted by Gasteiger charge is 2.43. The van der Waals surface area contributed by atoms with Crippen LogP contribution in [-0.2, 0) is 11.3 Å². The molecular formula is C23H22ClFN2O. The van der Waals surface area contributed by atoms with Gasteiger partial charge in [0.2, 0.25) is 0 Å². The van der Waals surface area contributed by atoms with E-state index < -0.39 is 0 Å². The summed E-state index contributed by atoms with van der Waals surface area (Å²) in [6, 6.07) is 13.0. The number of nitrogens with zero attached hydrogens (tertiary/aromatic N) is 2. The van der Waals surface area contributed by atoms with Gasteiger partial charge in [0.15, 0.2) is 0 Å². The van der Waals surface area contributed by atoms with Gasteiger partial charge < -0.3 is 4.74 Å². The highest BCUT2D eigenvalue weighted by atomic mass is 35.5. The first-order valence-electron chi connectivity index (χ1n) is 9.75. The van der Waals surface area contributed by atoms with E-state index in [4.69, 9.17) is 16.3 Å². The summed E-state index contributed by atoms with van der Waals surface area (Å²) in [6.45, 7) is 4.74. The zero-order valence-corrected chi connectivity index (χ0v) is 16.4. The van der Waals surface area contributed by atoms with Gasteiger partial charge in [-0.3, -0.25) is 9.88 Å². The zero-order valence-electron chi connectivity index (χ0n) is 15.6. The fraction of sp³-hybridized carbons (Fsp3) is 0.348. The monoisotopic (exact) mass is 396 g/mol. The third kappa shape index (κ3) is 3.30. The summed E-state index contributed by atoms with van der Waals surface area (Å²) < 4.78 is 20.3. The van der Waals surface area contributed by atoms with Crippen LogP contribution in [0.15, 0.2) is 48.7 Å². The first-order valence-corrected chi connectivity index (χ1v) is 10.1. The van der Waals surface area contributed by atoms with Gasteiger partial charge in [0, 0.05) is 55.4 Å². The molecule has 5 heteroatoms. The largest absolute Gasteiger partial charge is 0.381 e. The second kappa shape index (κ2) is 7.11. The molecule has 0 bridgehead atoms. The van der Waals surface area contributed by atoms with Gasteiger partial charge in [-0.25, -0.2) is 4.39 Å². The van der Waals surface area contributed by atoms with E-state index in [1.165, 1.54) is 0 Å². The van der Waals surface area contributed by atoms with Crippen molar-refractivity contribution in [1.82, 2.24) is 9.88 Å². The van der Waals surface area contributed by atoms with Crippen LogP contribution in [0.25, 0.3) is 22.0 Å². The number of fused-ring (bicyclic) bond motifs is 1. The Bertz CT molecular complexity index is 1020. The Morgan fingerprint density at radius 1 is 1.07 bits per heavy atom. The Morgan fingerprint density at radius 2 is 1.89 bits per heavy atom. The summed E-state index contributed by atoms with van der Waals surface area (Å²) >= 11 is 6.20. The molecule has 0 saturated carbocycles. The molecule has 0 amide bonds. The minimum atomic E-state index is -0.194. The van der Waals surface area contributed by atoms with Crippen molar-refractivity contribution in [2.24, 2.45) is 5.41 Å². The van der Waals surface area contributed by atoms with Crippen LogP contribution < -0.4 is 0 Å². The Morgan fingerprint density at radius 3 is 2.68 bits per heavy atom. The van der Waals surface area contributed by atoms with Gasteiger partial charge in [0.25, 0.3) is 0 Å². The van der Waals surface area contributed by atoms with E-state index >= 15 is 0 Å². The number of hydrogen-bond acceptors (Lipinski definition) is 3. The molecule has 3 heterocycles. The van der Waals surface area contributed by atoms with Crippen molar-refractivity contribution >= 4 is 22.5 Å². The van der Waals surface area contributed by atoms with E-state index in [0.29, 0.717) is 16.0 Å². The van der Waals surface area contributed by atoms with Crippen molar-refractivity contribution in [3.8, 4) is 11.1 Å². The van der Waals surface area contributed by atoms with Crippen LogP contribution >= 0.6 is 11.6 Å². The lowest BCUT2D eigenvalue weighted by molar-refractivity contribution is -0.0839. The highest BCUT2D eigenvalue weighted by molar-refractivity contribution is 6.35. The normalized spacial score (nSPS) is 19.1. The van der Waals surface area contributed by atoms with E-state index in [0.717, 1.165) is 67.7 Å². The predicted molar refractivity (Wildman–Crippen MR) is 110 cm³/mol. The number of likely N-dealkylation sites (tertiary alicyclic amines) is 1. The van der Waals surface area contributed by atoms with E-state index in [1.54, 1.807) is 18.3 Å². The molecule has 0 unspecified atom stereocenters. The summed E-state index contributed by atoms with van der Waals surface area (Å²) in [5.74, 6) is -0.194. The predicted octanol–water partition coefficient (Wildman–Crippen LogP) is 5.31. The quantitative estimate of drug-likeness (QED) is 0.600. The number of hydrogen-bond donors (Lipinski definition) is 0. The minimum absolute atomic E-state index is 0.194. The van der Waals surface area contributed by atoms with Crippen LogP contribution in [0.5, 0.6) is 0 Å². The zero-order chi connectivity index (χ0) is 19.1. The van der Waals surface area contributed by atoms with E-state index in [2.05, 4.69) is 9.88 Å². The molecule has 2 aromatic carbocycles. The Balaban J connectivity index is 1.33. The molecule has 3 nitrogen and oxygen atoms in total. The van der Waals surface area contributed by atoms with Crippen molar-refractivity contribution in [3.05, 3.63) is 65.1 Å². The molecule has 0 radical (unpaired) electrons. The molecule has 2 fully saturated rings. The molecule has 2 aliphatic heterocycles. The Labute approximate surface area is 169 Å². The first kappa shape index (κ1) is 18.0. The van der Waals surface area contributed by atoms with Gasteiger partial charge in [-0.15, -0.1) is 0 Å². The maximum absolute atomic E-state index is 14.9. The topological polar surface area (TPSA) is 25.4 Å². The summed E-state index contributed by atoms with van der Waals surface area (Å²) in [4.78, 5) is 6.76. The smallest absolute Gasteiger partial charge is 0.131 e. The number of rotatable bonds is 3. The van der Waals surface area contributed by atoms with Gasteiger partial charge >= 0.3 is 0 Å². The van der Waals surface area contributed by atoms with Gasteiger partial charge in [0.05, 0.1) is 10.5 Å². The Kier molecular flexibility index (Phi) is 4.58. The number of pyridine rings is 1. The van der Waals surface area contributed by atoms with Gasteiger partial charge in [-0.05, 0) is 42.2 Å². The molecular weight excluding hydrogens is 375 g/mol. The highest BCUT2D eigenvalue weighted by Crippen LogP contribution is 2.40. The van der Waals surface area contributed by atoms with Crippen molar-refractivity contribution in [2.45, 2.75) is 19.4 Å². The van der Waals surface area contributed by atoms with Gasteiger partial charge in [0.1, 0.15) is 5.82 Å². The number of ether oxygens (including phenoxy) is 1. The molecule has 0 atom stereocenters. The molecule has 5 rings (SSSR count). The standard InChI is InChI=1S/C23H22ClFN2O/c24-20-5-8-26-22-12-17(2-4-19(20)22)18-3-1-16(11-21(18)25)13-27-14-23(15-27)6-9-28-10-7-23/h1-5,8,11-12H,6-7,9-10,13-15H2. The van der Waals surface area contributed by atoms with E-state index in [1.807, 2.05) is 30.3 Å². The molecule has 2 aliphatic rings. The summed E-state index contributed by atoms with van der Waals surface area (Å²) in [6.07, 6.45) is 3.97. The minimum Gasteiger partial charge on any atom is -0.381 e. The molecule has 0 aliphatic carbocycles. The fourth-order valence-corrected chi connectivity index (χ4v) is 4.78. The van der Waals surface area contributed by atoms with E-state index in [-0.39, 0.29) is 5.82 Å². The van der Waals surface area contributed by atoms with Crippen LogP contribution in [-0.4, -0.2) is 36.2 Å². The summed E-state index contributed by atoms with van der Waals surface area (Å²) in [7, 11) is 0. The molecule has 1 spiro atoms. The third-order valence-electron chi connectivity index (χ3n) is 6.11. The number of benzene rings is 2. The lowest BCUT2D eigenvalue weighted by Crippen LogP contribution is -2.57. The molecule has 0 N–H and O–H groups in total. The maximum atomic E-state index is 14.9. The van der Waals surface area contributed by atoms with Crippen molar-refractivity contribution in [1.29, 1.82) is 0 Å². The molecule has 144 valence electrons. The van der Waals surface area contributed by atoms with Crippen LogP contribution in [0.2, 0.25) is 5.02 Å². The second-order valence-electron chi connectivity index (χ2n) is 8.10. The van der Waals surface area contributed by atoms with Crippen LogP contribution in [0, 0.1) is 11.2 Å². The lowest BCUT2D eigenvalue weighted by atomic mass is 9.73. The molecule has 28 heavy (non-hydrogen) atoms. The summed E-state index contributed by atoms with van der Waals surface area (Å²) in [5, 5.41) is 1.54. The average molecular weight is 397 g/mol. The SMILES string of the molecule is Fc1cc(CN2CC3(CCOCC3)C2)ccc1-c1ccc2c(Cl)ccnc2c1. The average Bonchev–Trinajstić information content (AvgIpc) is 2.68.